The molecular weight excluding hydrogens is 545 g/mol. The van der Waals surface area contributed by atoms with Crippen LogP contribution in [0.15, 0.2) is 24.4 Å². The lowest BCUT2D eigenvalue weighted by atomic mass is 9.91. The van der Waals surface area contributed by atoms with Crippen LogP contribution in [0.3, 0.4) is 0 Å². The second-order valence-electron chi connectivity index (χ2n) is 9.89. The Hall–Kier alpha value is -2.19. The fraction of sp³-hybridized carbons (Fsp3) is 0.583. The van der Waals surface area contributed by atoms with Gasteiger partial charge in [-0.15, -0.1) is 0 Å². The third-order valence-corrected chi connectivity index (χ3v) is 7.87. The maximum Gasteiger partial charge on any atom is 0.415 e. The molecule has 4 N–H and O–H groups in total. The summed E-state index contributed by atoms with van der Waals surface area (Å²) < 4.78 is 64.6. The minimum atomic E-state index is -4.63. The molecule has 2 heterocycles. The van der Waals surface area contributed by atoms with Crippen LogP contribution in [0.5, 0.6) is 0 Å². The second kappa shape index (κ2) is 11.9. The number of nitrogens with one attached hydrogen (secondary N) is 3. The predicted octanol–water partition coefficient (Wildman–Crippen LogP) is 3.47. The number of anilines is 3. The fourth-order valence-corrected chi connectivity index (χ4v) is 5.91. The number of hydrogen-bond acceptors (Lipinski definition) is 8. The van der Waals surface area contributed by atoms with Gasteiger partial charge in [-0.1, -0.05) is 30.5 Å². The number of aromatic nitrogens is 2. The van der Waals surface area contributed by atoms with Gasteiger partial charge in [0.05, 0.1) is 12.5 Å². The van der Waals surface area contributed by atoms with E-state index in [9.17, 15) is 26.7 Å². The number of aliphatic hydroxyl groups excluding tert-OH is 1. The number of β-amino-alcohol motifs (C(OH)–C–C–N with tert-alkyl or cyclic N) is 1. The number of aliphatic hydroxyl groups is 1. The summed E-state index contributed by atoms with van der Waals surface area (Å²) in [5.41, 5.74) is 2.76. The van der Waals surface area contributed by atoms with E-state index in [4.69, 9.17) is 11.6 Å². The third kappa shape index (κ3) is 7.92. The van der Waals surface area contributed by atoms with Crippen molar-refractivity contribution in [2.24, 2.45) is 0 Å². The first-order chi connectivity index (χ1) is 17.9. The maximum atomic E-state index is 12.8. The van der Waals surface area contributed by atoms with E-state index in [1.807, 2.05) is 18.2 Å². The van der Waals surface area contributed by atoms with Crippen LogP contribution in [-0.4, -0.2) is 78.6 Å². The Morgan fingerprint density at radius 1 is 1.16 bits per heavy atom. The molecule has 3 atom stereocenters. The van der Waals surface area contributed by atoms with E-state index in [0.717, 1.165) is 42.3 Å². The fourth-order valence-electron chi connectivity index (χ4n) is 4.93. The lowest BCUT2D eigenvalue weighted by Gasteiger charge is -2.32. The zero-order chi connectivity index (χ0) is 27.5. The number of halogens is 4. The number of nitrogens with zero attached hydrogens (tertiary/aromatic N) is 3. The summed E-state index contributed by atoms with van der Waals surface area (Å²) in [6.45, 7) is 0.385. The summed E-state index contributed by atoms with van der Waals surface area (Å²) in [5, 5.41) is 16.2. The van der Waals surface area contributed by atoms with E-state index in [-0.39, 0.29) is 12.1 Å². The first kappa shape index (κ1) is 28.8. The average Bonchev–Trinajstić information content (AvgIpc) is 3.03. The van der Waals surface area contributed by atoms with Crippen molar-refractivity contribution in [3.63, 3.8) is 0 Å². The number of rotatable bonds is 8. The van der Waals surface area contributed by atoms with Gasteiger partial charge in [0.1, 0.15) is 5.02 Å². The predicted molar refractivity (Wildman–Crippen MR) is 140 cm³/mol. The number of benzene rings is 1. The van der Waals surface area contributed by atoms with E-state index in [1.165, 1.54) is 6.20 Å². The zero-order valence-corrected chi connectivity index (χ0v) is 22.5. The molecule has 210 valence electrons. The van der Waals surface area contributed by atoms with Gasteiger partial charge in [-0.3, -0.25) is 4.90 Å². The highest BCUT2D eigenvalue weighted by Crippen LogP contribution is 2.28. The van der Waals surface area contributed by atoms with E-state index >= 15 is 0 Å². The van der Waals surface area contributed by atoms with Crippen molar-refractivity contribution in [1.29, 1.82) is 0 Å². The second-order valence-corrected chi connectivity index (χ2v) is 12.1. The minimum absolute atomic E-state index is 0.176. The molecule has 0 bridgehead atoms. The molecule has 9 nitrogen and oxygen atoms in total. The lowest BCUT2D eigenvalue weighted by Crippen LogP contribution is -2.48. The van der Waals surface area contributed by atoms with Crippen molar-refractivity contribution in [3.05, 3.63) is 40.5 Å². The number of fused-ring (bicyclic) bond motifs is 1. The molecular formula is C24H32ClF3N6O3S. The van der Waals surface area contributed by atoms with Gasteiger partial charge in [-0.25, -0.2) is 18.1 Å². The molecule has 1 saturated carbocycles. The Balaban J connectivity index is 1.43. The topological polar surface area (TPSA) is 119 Å². The SMILES string of the molecule is CS(=O)(=O)N[C@@H]1CCCC[C@H]1Nc1nc(Nc2ccc3c(c2)CCN(C[C@@H](O)C(F)(F)F)CC3)ncc1Cl. The smallest absolute Gasteiger partial charge is 0.382 e. The van der Waals surface area contributed by atoms with Crippen molar-refractivity contribution in [2.75, 3.05) is 36.5 Å². The monoisotopic (exact) mass is 576 g/mol. The largest absolute Gasteiger partial charge is 0.415 e. The molecule has 1 aromatic carbocycles. The van der Waals surface area contributed by atoms with Crippen LogP contribution in [-0.2, 0) is 22.9 Å². The highest BCUT2D eigenvalue weighted by molar-refractivity contribution is 7.88. The van der Waals surface area contributed by atoms with Crippen LogP contribution < -0.4 is 15.4 Å². The van der Waals surface area contributed by atoms with Gasteiger partial charge in [0.2, 0.25) is 16.0 Å². The molecule has 4 rings (SSSR count). The molecule has 0 saturated heterocycles. The summed E-state index contributed by atoms with van der Waals surface area (Å²) in [6.07, 6.45) is 0.0798. The van der Waals surface area contributed by atoms with Gasteiger partial charge in [-0.2, -0.15) is 18.2 Å². The van der Waals surface area contributed by atoms with E-state index < -0.39 is 28.8 Å². The van der Waals surface area contributed by atoms with Crippen LogP contribution in [0.4, 0.5) is 30.6 Å². The van der Waals surface area contributed by atoms with Crippen molar-refractivity contribution in [2.45, 2.75) is 62.9 Å². The van der Waals surface area contributed by atoms with Crippen molar-refractivity contribution in [3.8, 4) is 0 Å². The first-order valence-corrected chi connectivity index (χ1v) is 14.8. The summed E-state index contributed by atoms with van der Waals surface area (Å²) >= 11 is 6.34. The van der Waals surface area contributed by atoms with Crippen molar-refractivity contribution >= 4 is 39.1 Å². The summed E-state index contributed by atoms with van der Waals surface area (Å²) in [6, 6.07) is 5.27. The van der Waals surface area contributed by atoms with E-state index in [2.05, 4.69) is 25.3 Å². The number of hydrogen-bond donors (Lipinski definition) is 4. The standard InChI is InChI=1S/C24H32ClF3N6O3S/c1-38(36,37)33-20-5-3-2-4-19(20)31-22-18(25)13-29-23(32-22)30-17-7-6-15-8-10-34(11-9-16(15)12-17)14-21(35)24(26,27)28/h6-7,12-13,19-21,33,35H,2-5,8-11,14H2,1H3,(H2,29,30,31,32)/t19-,20-,21-/m1/s1. The van der Waals surface area contributed by atoms with Gasteiger partial charge in [0.15, 0.2) is 11.9 Å². The zero-order valence-electron chi connectivity index (χ0n) is 20.9. The molecule has 2 aromatic rings. The molecule has 1 fully saturated rings. The summed E-state index contributed by atoms with van der Waals surface area (Å²) in [7, 11) is -3.37. The van der Waals surface area contributed by atoms with Crippen LogP contribution in [0, 0.1) is 0 Å². The van der Waals surface area contributed by atoms with Gasteiger partial charge >= 0.3 is 6.18 Å². The highest BCUT2D eigenvalue weighted by Gasteiger charge is 2.39. The van der Waals surface area contributed by atoms with Crippen molar-refractivity contribution in [1.82, 2.24) is 19.6 Å². The molecule has 14 heteroatoms. The average molecular weight is 577 g/mol. The van der Waals surface area contributed by atoms with Gasteiger partial charge in [0.25, 0.3) is 0 Å². The molecule has 1 aliphatic heterocycles. The van der Waals surface area contributed by atoms with E-state index in [0.29, 0.717) is 49.1 Å². The van der Waals surface area contributed by atoms with Crippen molar-refractivity contribution < 1.29 is 26.7 Å². The third-order valence-electron chi connectivity index (χ3n) is 6.86. The Labute approximate surface area is 225 Å². The Bertz CT molecular complexity index is 1230. The quantitative estimate of drug-likeness (QED) is 0.377. The number of alkyl halides is 3. The first-order valence-electron chi connectivity index (χ1n) is 12.5. The molecule has 0 radical (unpaired) electrons. The maximum absolute atomic E-state index is 12.8. The molecule has 0 spiro atoms. The molecule has 0 amide bonds. The molecule has 2 aliphatic rings. The van der Waals surface area contributed by atoms with Crippen LogP contribution >= 0.6 is 11.6 Å². The normalized spacial score (nSPS) is 21.8. The summed E-state index contributed by atoms with van der Waals surface area (Å²) in [4.78, 5) is 10.4. The number of sulfonamides is 1. The molecule has 1 aromatic heterocycles. The van der Waals surface area contributed by atoms with Gasteiger partial charge in [-0.05, 0) is 48.9 Å². The lowest BCUT2D eigenvalue weighted by molar-refractivity contribution is -0.208. The minimum Gasteiger partial charge on any atom is -0.382 e. The summed E-state index contributed by atoms with van der Waals surface area (Å²) in [5.74, 6) is 0.689. The Kier molecular flexibility index (Phi) is 9.03. The van der Waals surface area contributed by atoms with Crippen LogP contribution in [0.1, 0.15) is 36.8 Å². The van der Waals surface area contributed by atoms with Crippen LogP contribution in [0.25, 0.3) is 0 Å². The Morgan fingerprint density at radius 2 is 1.84 bits per heavy atom. The Morgan fingerprint density at radius 3 is 2.53 bits per heavy atom. The van der Waals surface area contributed by atoms with Gasteiger partial charge in [0, 0.05) is 37.4 Å². The molecule has 38 heavy (non-hydrogen) atoms. The van der Waals surface area contributed by atoms with Crippen LogP contribution in [0.2, 0.25) is 5.02 Å². The molecule has 1 aliphatic carbocycles. The van der Waals surface area contributed by atoms with Gasteiger partial charge < -0.3 is 15.7 Å². The highest BCUT2D eigenvalue weighted by atomic mass is 35.5. The molecule has 0 unspecified atom stereocenters. The van der Waals surface area contributed by atoms with E-state index in [1.54, 1.807) is 4.90 Å².